The van der Waals surface area contributed by atoms with Crippen LogP contribution in [0.15, 0.2) is 48.5 Å². The van der Waals surface area contributed by atoms with E-state index < -0.39 is 0 Å². The summed E-state index contributed by atoms with van der Waals surface area (Å²) in [5.41, 5.74) is 3.01. The second-order valence-electron chi connectivity index (χ2n) is 6.17. The smallest absolute Gasteiger partial charge is 0.226 e. The van der Waals surface area contributed by atoms with Crippen molar-refractivity contribution in [2.75, 3.05) is 42.3 Å². The molecule has 1 aliphatic rings. The zero-order valence-electron chi connectivity index (χ0n) is 14.6. The van der Waals surface area contributed by atoms with Crippen LogP contribution in [-0.4, -0.2) is 32.7 Å². The van der Waals surface area contributed by atoms with Gasteiger partial charge in [-0.15, -0.1) is 0 Å². The molecule has 3 rings (SSSR count). The lowest BCUT2D eigenvalue weighted by atomic mass is 10.2. The van der Waals surface area contributed by atoms with Crippen LogP contribution in [0, 0.1) is 0 Å². The van der Waals surface area contributed by atoms with Crippen LogP contribution in [0.5, 0.6) is 5.75 Å². The van der Waals surface area contributed by atoms with Gasteiger partial charge in [0.1, 0.15) is 5.75 Å². The van der Waals surface area contributed by atoms with Crippen LogP contribution in [0.2, 0.25) is 0 Å². The highest BCUT2D eigenvalue weighted by atomic mass is 16.5. The molecule has 0 radical (unpaired) electrons. The number of carbonyl (C=O) groups is 1. The summed E-state index contributed by atoms with van der Waals surface area (Å²) >= 11 is 0. The van der Waals surface area contributed by atoms with E-state index in [2.05, 4.69) is 39.8 Å². The summed E-state index contributed by atoms with van der Waals surface area (Å²) < 4.78 is 5.24. The van der Waals surface area contributed by atoms with Crippen LogP contribution in [0.25, 0.3) is 0 Å². The average Bonchev–Trinajstić information content (AvgIpc) is 3.17. The lowest BCUT2D eigenvalue weighted by Crippen LogP contribution is -2.18. The fourth-order valence-corrected chi connectivity index (χ4v) is 3.05. The summed E-state index contributed by atoms with van der Waals surface area (Å²) in [7, 11) is 1.60. The van der Waals surface area contributed by atoms with E-state index in [0.717, 1.165) is 18.8 Å². The van der Waals surface area contributed by atoms with E-state index >= 15 is 0 Å². The van der Waals surface area contributed by atoms with Gasteiger partial charge in [0.25, 0.3) is 0 Å². The molecule has 0 aromatic heterocycles. The van der Waals surface area contributed by atoms with Crippen molar-refractivity contribution in [2.24, 2.45) is 0 Å². The first-order chi connectivity index (χ1) is 12.3. The van der Waals surface area contributed by atoms with Crippen molar-refractivity contribution >= 4 is 23.0 Å². The number of hydrogen-bond donors (Lipinski definition) is 2. The predicted molar refractivity (Wildman–Crippen MR) is 103 cm³/mol. The number of para-hydroxylation sites is 2. The number of nitrogens with one attached hydrogen (secondary N) is 2. The first-order valence-corrected chi connectivity index (χ1v) is 8.78. The first kappa shape index (κ1) is 17.1. The number of benzene rings is 2. The van der Waals surface area contributed by atoms with E-state index in [9.17, 15) is 4.79 Å². The number of methoxy groups -OCH3 is 1. The highest BCUT2D eigenvalue weighted by molar-refractivity contribution is 5.92. The van der Waals surface area contributed by atoms with E-state index in [1.165, 1.54) is 18.5 Å². The van der Waals surface area contributed by atoms with Crippen LogP contribution in [0.1, 0.15) is 19.3 Å². The molecule has 2 aromatic carbocycles. The lowest BCUT2D eigenvalue weighted by molar-refractivity contribution is -0.116. The summed E-state index contributed by atoms with van der Waals surface area (Å²) in [5.74, 6) is 0.631. The van der Waals surface area contributed by atoms with Crippen molar-refractivity contribution in [3.05, 3.63) is 48.5 Å². The number of carbonyl (C=O) groups excluding carboxylic acids is 1. The van der Waals surface area contributed by atoms with Crippen molar-refractivity contribution in [1.29, 1.82) is 0 Å². The Labute approximate surface area is 149 Å². The third-order valence-electron chi connectivity index (χ3n) is 4.40. The molecule has 1 fully saturated rings. The summed E-state index contributed by atoms with van der Waals surface area (Å²) in [4.78, 5) is 14.5. The zero-order chi connectivity index (χ0) is 17.5. The van der Waals surface area contributed by atoms with Crippen LogP contribution < -0.4 is 20.3 Å². The van der Waals surface area contributed by atoms with Gasteiger partial charge < -0.3 is 20.3 Å². The van der Waals surface area contributed by atoms with E-state index in [0.29, 0.717) is 24.4 Å². The molecule has 0 saturated carbocycles. The third kappa shape index (κ3) is 4.66. The molecule has 0 spiro atoms. The first-order valence-electron chi connectivity index (χ1n) is 8.78. The molecule has 2 N–H and O–H groups in total. The number of rotatable bonds is 7. The summed E-state index contributed by atoms with van der Waals surface area (Å²) in [5, 5.41) is 6.18. The van der Waals surface area contributed by atoms with Gasteiger partial charge in [-0.25, -0.2) is 0 Å². The Morgan fingerprint density at radius 2 is 1.80 bits per heavy atom. The van der Waals surface area contributed by atoms with Crippen LogP contribution in [0.3, 0.4) is 0 Å². The lowest BCUT2D eigenvalue weighted by Gasteiger charge is -2.18. The Balaban J connectivity index is 1.45. The minimum atomic E-state index is -0.0364. The number of amides is 1. The van der Waals surface area contributed by atoms with Gasteiger partial charge in [-0.3, -0.25) is 4.79 Å². The van der Waals surface area contributed by atoms with Gasteiger partial charge in [-0.05, 0) is 49.2 Å². The fourth-order valence-electron chi connectivity index (χ4n) is 3.05. The maximum atomic E-state index is 12.1. The van der Waals surface area contributed by atoms with Gasteiger partial charge in [0.2, 0.25) is 5.91 Å². The minimum Gasteiger partial charge on any atom is -0.495 e. The molecule has 0 unspecified atom stereocenters. The van der Waals surface area contributed by atoms with Crippen molar-refractivity contribution in [3.8, 4) is 5.75 Å². The molecular formula is C20H25N3O2. The molecule has 0 bridgehead atoms. The molecule has 1 amide bonds. The highest BCUT2D eigenvalue weighted by Crippen LogP contribution is 2.23. The second kappa shape index (κ2) is 8.42. The third-order valence-corrected chi connectivity index (χ3v) is 4.40. The molecule has 5 heteroatoms. The maximum absolute atomic E-state index is 12.1. The number of ether oxygens (including phenoxy) is 1. The predicted octanol–water partition coefficient (Wildman–Crippen LogP) is 3.74. The molecule has 0 aliphatic carbocycles. The molecule has 1 saturated heterocycles. The average molecular weight is 339 g/mol. The molecule has 0 atom stereocenters. The SMILES string of the molecule is COc1ccccc1NC(=O)CCNc1ccc(N2CCCC2)cc1. The Morgan fingerprint density at radius 3 is 2.52 bits per heavy atom. The maximum Gasteiger partial charge on any atom is 0.226 e. The molecule has 1 heterocycles. The van der Waals surface area contributed by atoms with E-state index in [-0.39, 0.29) is 5.91 Å². The zero-order valence-corrected chi connectivity index (χ0v) is 14.6. The van der Waals surface area contributed by atoms with Gasteiger partial charge in [0.15, 0.2) is 0 Å². The largest absolute Gasteiger partial charge is 0.495 e. The van der Waals surface area contributed by atoms with Crippen LogP contribution in [0.4, 0.5) is 17.1 Å². The van der Waals surface area contributed by atoms with Gasteiger partial charge in [-0.1, -0.05) is 12.1 Å². The van der Waals surface area contributed by atoms with Gasteiger partial charge in [0.05, 0.1) is 12.8 Å². The second-order valence-corrected chi connectivity index (χ2v) is 6.17. The Bertz CT molecular complexity index is 694. The molecule has 25 heavy (non-hydrogen) atoms. The summed E-state index contributed by atoms with van der Waals surface area (Å²) in [6, 6.07) is 15.8. The van der Waals surface area contributed by atoms with Crippen molar-refractivity contribution in [2.45, 2.75) is 19.3 Å². The van der Waals surface area contributed by atoms with Gasteiger partial charge in [-0.2, -0.15) is 0 Å². The van der Waals surface area contributed by atoms with E-state index in [4.69, 9.17) is 4.74 Å². The summed E-state index contributed by atoms with van der Waals surface area (Å²) in [6.45, 7) is 2.88. The van der Waals surface area contributed by atoms with Crippen molar-refractivity contribution in [3.63, 3.8) is 0 Å². The Hall–Kier alpha value is -2.69. The molecular weight excluding hydrogens is 314 g/mol. The number of hydrogen-bond acceptors (Lipinski definition) is 4. The number of nitrogens with zero attached hydrogens (tertiary/aromatic N) is 1. The topological polar surface area (TPSA) is 53.6 Å². The van der Waals surface area contributed by atoms with Crippen LogP contribution in [-0.2, 0) is 4.79 Å². The summed E-state index contributed by atoms with van der Waals surface area (Å²) in [6.07, 6.45) is 2.95. The molecule has 132 valence electrons. The molecule has 2 aromatic rings. The minimum absolute atomic E-state index is 0.0364. The standard InChI is InChI=1S/C20H25N3O2/c1-25-19-7-3-2-6-18(19)22-20(24)12-13-21-16-8-10-17(11-9-16)23-14-4-5-15-23/h2-3,6-11,21H,4-5,12-15H2,1H3,(H,22,24). The monoisotopic (exact) mass is 339 g/mol. The number of anilines is 3. The Kier molecular flexibility index (Phi) is 5.77. The molecule has 5 nitrogen and oxygen atoms in total. The molecule has 1 aliphatic heterocycles. The van der Waals surface area contributed by atoms with E-state index in [1.54, 1.807) is 7.11 Å². The van der Waals surface area contributed by atoms with Gasteiger partial charge >= 0.3 is 0 Å². The van der Waals surface area contributed by atoms with Crippen LogP contribution >= 0.6 is 0 Å². The Morgan fingerprint density at radius 1 is 1.08 bits per heavy atom. The van der Waals surface area contributed by atoms with Gasteiger partial charge in [0, 0.05) is 37.4 Å². The quantitative estimate of drug-likeness (QED) is 0.807. The van der Waals surface area contributed by atoms with Crippen molar-refractivity contribution in [1.82, 2.24) is 0 Å². The highest BCUT2D eigenvalue weighted by Gasteiger charge is 2.11. The van der Waals surface area contributed by atoms with E-state index in [1.807, 2.05) is 24.3 Å². The fraction of sp³-hybridized carbons (Fsp3) is 0.350. The van der Waals surface area contributed by atoms with Crippen molar-refractivity contribution < 1.29 is 9.53 Å². The normalized spacial score (nSPS) is 13.6.